The van der Waals surface area contributed by atoms with Crippen LogP contribution in [-0.2, 0) is 0 Å². The summed E-state index contributed by atoms with van der Waals surface area (Å²) in [6.07, 6.45) is 1.57. The highest BCUT2D eigenvalue weighted by Crippen LogP contribution is 2.29. The van der Waals surface area contributed by atoms with Gasteiger partial charge in [0.2, 0.25) is 0 Å². The zero-order valence-corrected chi connectivity index (χ0v) is 8.93. The van der Waals surface area contributed by atoms with Crippen molar-refractivity contribution in [3.05, 3.63) is 33.9 Å². The molecule has 2 N–H and O–H groups in total. The lowest BCUT2D eigenvalue weighted by molar-refractivity contribution is 1.41. The molecule has 0 saturated carbocycles. The lowest BCUT2D eigenvalue weighted by atomic mass is 10.2. The van der Waals surface area contributed by atoms with Gasteiger partial charge in [0.15, 0.2) is 0 Å². The van der Waals surface area contributed by atoms with Crippen molar-refractivity contribution in [3.8, 4) is 0 Å². The molecule has 0 amide bonds. The average molecular weight is 258 g/mol. The average Bonchev–Trinajstić information content (AvgIpc) is 2.12. The minimum Gasteiger partial charge on any atom is -0.396 e. The van der Waals surface area contributed by atoms with Crippen LogP contribution in [0.15, 0.2) is 28.9 Å². The second-order valence-corrected chi connectivity index (χ2v) is 3.98. The Morgan fingerprint density at radius 1 is 1.38 bits per heavy atom. The van der Waals surface area contributed by atoms with E-state index in [-0.39, 0.29) is 0 Å². The number of aromatic nitrogens is 1. The maximum atomic E-state index is 6.01. The maximum Gasteiger partial charge on any atom is 0.0745 e. The summed E-state index contributed by atoms with van der Waals surface area (Å²) in [6, 6.07) is 5.72. The van der Waals surface area contributed by atoms with Gasteiger partial charge in [0.25, 0.3) is 0 Å². The van der Waals surface area contributed by atoms with Gasteiger partial charge in [-0.05, 0) is 18.2 Å². The van der Waals surface area contributed by atoms with Crippen molar-refractivity contribution in [2.75, 3.05) is 5.73 Å². The van der Waals surface area contributed by atoms with Crippen LogP contribution in [0, 0.1) is 0 Å². The number of halogens is 2. The van der Waals surface area contributed by atoms with Crippen molar-refractivity contribution in [2.45, 2.75) is 0 Å². The molecule has 66 valence electrons. The first kappa shape index (κ1) is 8.78. The van der Waals surface area contributed by atoms with E-state index in [1.54, 1.807) is 6.20 Å². The van der Waals surface area contributed by atoms with E-state index in [0.717, 1.165) is 15.4 Å². The lowest BCUT2D eigenvalue weighted by Gasteiger charge is -2.02. The Labute approximate surface area is 88.8 Å². The van der Waals surface area contributed by atoms with Crippen molar-refractivity contribution in [1.29, 1.82) is 0 Å². The molecule has 0 atom stereocenters. The fourth-order valence-corrected chi connectivity index (χ4v) is 1.71. The number of fused-ring (bicyclic) bond motifs is 1. The Bertz CT molecular complexity index is 465. The Kier molecular flexibility index (Phi) is 2.14. The van der Waals surface area contributed by atoms with E-state index in [1.807, 2.05) is 18.2 Å². The van der Waals surface area contributed by atoms with Gasteiger partial charge in [-0.2, -0.15) is 0 Å². The van der Waals surface area contributed by atoms with Crippen LogP contribution in [-0.4, -0.2) is 4.98 Å². The third-order valence-electron chi connectivity index (χ3n) is 1.79. The van der Waals surface area contributed by atoms with E-state index >= 15 is 0 Å². The molecule has 1 aromatic heterocycles. The van der Waals surface area contributed by atoms with E-state index in [2.05, 4.69) is 20.9 Å². The predicted molar refractivity (Wildman–Crippen MR) is 58.9 cm³/mol. The second-order valence-electron chi connectivity index (χ2n) is 2.69. The van der Waals surface area contributed by atoms with Gasteiger partial charge in [0.1, 0.15) is 0 Å². The van der Waals surface area contributed by atoms with Crippen LogP contribution in [0.3, 0.4) is 0 Å². The SMILES string of the molecule is Nc1cnc2ccc(Br)cc2c1Cl. The number of anilines is 1. The standard InChI is InChI=1S/C9H6BrClN2/c10-5-1-2-8-6(3-5)9(11)7(12)4-13-8/h1-4H,12H2. The van der Waals surface area contributed by atoms with E-state index < -0.39 is 0 Å². The fraction of sp³-hybridized carbons (Fsp3) is 0. The summed E-state index contributed by atoms with van der Waals surface area (Å²) in [5.74, 6) is 0. The Morgan fingerprint density at radius 2 is 2.15 bits per heavy atom. The van der Waals surface area contributed by atoms with Crippen molar-refractivity contribution < 1.29 is 0 Å². The Balaban J connectivity index is 2.89. The smallest absolute Gasteiger partial charge is 0.0745 e. The molecular formula is C9H6BrClN2. The number of pyridine rings is 1. The molecule has 4 heteroatoms. The summed E-state index contributed by atoms with van der Waals surface area (Å²) in [7, 11) is 0. The van der Waals surface area contributed by atoms with E-state index in [0.29, 0.717) is 10.7 Å². The van der Waals surface area contributed by atoms with Gasteiger partial charge in [-0.15, -0.1) is 0 Å². The molecule has 0 radical (unpaired) electrons. The van der Waals surface area contributed by atoms with Crippen LogP contribution in [0.1, 0.15) is 0 Å². The molecule has 0 aliphatic carbocycles. The van der Waals surface area contributed by atoms with Gasteiger partial charge in [-0.3, -0.25) is 4.98 Å². The van der Waals surface area contributed by atoms with Crippen molar-refractivity contribution in [3.63, 3.8) is 0 Å². The highest BCUT2D eigenvalue weighted by Gasteiger charge is 2.03. The normalized spacial score (nSPS) is 10.6. The summed E-state index contributed by atoms with van der Waals surface area (Å²) in [5, 5.41) is 1.43. The lowest BCUT2D eigenvalue weighted by Crippen LogP contribution is -1.89. The predicted octanol–water partition coefficient (Wildman–Crippen LogP) is 3.23. The number of benzene rings is 1. The van der Waals surface area contributed by atoms with Crippen LogP contribution in [0.5, 0.6) is 0 Å². The van der Waals surface area contributed by atoms with Crippen LogP contribution in [0.25, 0.3) is 10.9 Å². The van der Waals surface area contributed by atoms with Gasteiger partial charge in [-0.1, -0.05) is 27.5 Å². The van der Waals surface area contributed by atoms with Gasteiger partial charge in [-0.25, -0.2) is 0 Å². The highest BCUT2D eigenvalue weighted by atomic mass is 79.9. The molecular weight excluding hydrogens is 251 g/mol. The minimum absolute atomic E-state index is 0.507. The van der Waals surface area contributed by atoms with E-state index in [1.165, 1.54) is 0 Å². The zero-order chi connectivity index (χ0) is 9.42. The molecule has 1 aromatic carbocycles. The number of rotatable bonds is 0. The third kappa shape index (κ3) is 1.49. The first-order chi connectivity index (χ1) is 6.18. The zero-order valence-electron chi connectivity index (χ0n) is 6.59. The van der Waals surface area contributed by atoms with Crippen molar-refractivity contribution in [2.24, 2.45) is 0 Å². The topological polar surface area (TPSA) is 38.9 Å². The molecule has 2 aromatic rings. The molecule has 13 heavy (non-hydrogen) atoms. The highest BCUT2D eigenvalue weighted by molar-refractivity contribution is 9.10. The summed E-state index contributed by atoms with van der Waals surface area (Å²) >= 11 is 9.38. The molecule has 0 saturated heterocycles. The second kappa shape index (κ2) is 3.16. The third-order valence-corrected chi connectivity index (χ3v) is 2.71. The monoisotopic (exact) mass is 256 g/mol. The van der Waals surface area contributed by atoms with Gasteiger partial charge < -0.3 is 5.73 Å². The van der Waals surface area contributed by atoms with E-state index in [4.69, 9.17) is 17.3 Å². The van der Waals surface area contributed by atoms with Gasteiger partial charge in [0, 0.05) is 9.86 Å². The molecule has 0 fully saturated rings. The molecule has 0 bridgehead atoms. The maximum absolute atomic E-state index is 6.01. The van der Waals surface area contributed by atoms with Crippen LogP contribution >= 0.6 is 27.5 Å². The quantitative estimate of drug-likeness (QED) is 0.787. The molecule has 2 rings (SSSR count). The number of nitrogen functional groups attached to an aromatic ring is 1. The summed E-state index contributed by atoms with van der Waals surface area (Å²) < 4.78 is 0.967. The fourth-order valence-electron chi connectivity index (χ4n) is 1.15. The molecule has 1 heterocycles. The molecule has 0 spiro atoms. The number of nitrogens with two attached hydrogens (primary N) is 1. The van der Waals surface area contributed by atoms with E-state index in [9.17, 15) is 0 Å². The molecule has 2 nitrogen and oxygen atoms in total. The number of hydrogen-bond acceptors (Lipinski definition) is 2. The molecule has 0 unspecified atom stereocenters. The summed E-state index contributed by atoms with van der Waals surface area (Å²) in [6.45, 7) is 0. The Hall–Kier alpha value is -0.800. The van der Waals surface area contributed by atoms with Crippen molar-refractivity contribution in [1.82, 2.24) is 4.98 Å². The largest absolute Gasteiger partial charge is 0.396 e. The number of nitrogens with zero attached hydrogens (tertiary/aromatic N) is 1. The van der Waals surface area contributed by atoms with Crippen LogP contribution < -0.4 is 5.73 Å². The molecule has 0 aliphatic heterocycles. The minimum atomic E-state index is 0.507. The van der Waals surface area contributed by atoms with Crippen LogP contribution in [0.4, 0.5) is 5.69 Å². The van der Waals surface area contributed by atoms with Crippen LogP contribution in [0.2, 0.25) is 5.02 Å². The Morgan fingerprint density at radius 3 is 2.92 bits per heavy atom. The molecule has 0 aliphatic rings. The van der Waals surface area contributed by atoms with Gasteiger partial charge in [0.05, 0.1) is 22.4 Å². The van der Waals surface area contributed by atoms with Crippen molar-refractivity contribution >= 4 is 44.1 Å². The number of hydrogen-bond donors (Lipinski definition) is 1. The summed E-state index contributed by atoms with van der Waals surface area (Å²) in [5.41, 5.74) is 6.98. The first-order valence-electron chi connectivity index (χ1n) is 3.68. The first-order valence-corrected chi connectivity index (χ1v) is 4.85. The summed E-state index contributed by atoms with van der Waals surface area (Å²) in [4.78, 5) is 4.15. The van der Waals surface area contributed by atoms with Gasteiger partial charge >= 0.3 is 0 Å².